The van der Waals surface area contributed by atoms with Gasteiger partial charge in [-0.1, -0.05) is 12.1 Å². The van der Waals surface area contributed by atoms with E-state index in [-0.39, 0.29) is 0 Å². The van der Waals surface area contributed by atoms with Crippen LogP contribution in [0.25, 0.3) is 0 Å². The van der Waals surface area contributed by atoms with Crippen LogP contribution in [0.5, 0.6) is 0 Å². The molecule has 0 atom stereocenters. The van der Waals surface area contributed by atoms with Crippen LogP contribution in [0.1, 0.15) is 50.0 Å². The van der Waals surface area contributed by atoms with E-state index in [1.165, 1.54) is 44.1 Å². The summed E-state index contributed by atoms with van der Waals surface area (Å²) in [5, 5.41) is 0. The monoisotopic (exact) mass is 232 g/mol. The predicted octanol–water partition coefficient (Wildman–Crippen LogP) is 3.28. The molecule has 1 fully saturated rings. The highest BCUT2D eigenvalue weighted by atomic mass is 14.5. The molecule has 1 aliphatic rings. The Morgan fingerprint density at radius 3 is 2.53 bits per heavy atom. The van der Waals surface area contributed by atoms with Crippen LogP contribution in [0.3, 0.4) is 0 Å². The van der Waals surface area contributed by atoms with Gasteiger partial charge in [0.25, 0.3) is 0 Å². The van der Waals surface area contributed by atoms with Crippen molar-refractivity contribution in [1.29, 1.82) is 0 Å². The van der Waals surface area contributed by atoms with Crippen LogP contribution in [-0.4, -0.2) is 6.54 Å². The molecule has 0 amide bonds. The molecule has 1 aromatic carbocycles. The van der Waals surface area contributed by atoms with Gasteiger partial charge in [0, 0.05) is 5.69 Å². The van der Waals surface area contributed by atoms with E-state index in [2.05, 4.69) is 18.2 Å². The molecule has 17 heavy (non-hydrogen) atoms. The van der Waals surface area contributed by atoms with E-state index in [9.17, 15) is 0 Å². The Hall–Kier alpha value is -1.02. The van der Waals surface area contributed by atoms with Crippen LogP contribution in [0.2, 0.25) is 0 Å². The second-order valence-corrected chi connectivity index (χ2v) is 5.32. The maximum absolute atomic E-state index is 5.84. The summed E-state index contributed by atoms with van der Waals surface area (Å²) in [6, 6.07) is 8.41. The average molecular weight is 232 g/mol. The van der Waals surface area contributed by atoms with Crippen LogP contribution >= 0.6 is 0 Å². The molecule has 2 heteroatoms. The minimum atomic E-state index is 0.729. The summed E-state index contributed by atoms with van der Waals surface area (Å²) in [5.74, 6) is 1.64. The molecule has 0 radical (unpaired) electrons. The Balaban J connectivity index is 1.86. The molecule has 1 aromatic rings. The van der Waals surface area contributed by atoms with Gasteiger partial charge in [-0.05, 0) is 74.6 Å². The first kappa shape index (κ1) is 12.4. The van der Waals surface area contributed by atoms with E-state index < -0.39 is 0 Å². The molecule has 0 bridgehead atoms. The summed E-state index contributed by atoms with van der Waals surface area (Å²) in [6.07, 6.45) is 7.87. The smallest absolute Gasteiger partial charge is 0.0316 e. The SMILES string of the molecule is NCCCC1CCC(c2cccc(N)c2)CC1. The third kappa shape index (κ3) is 3.47. The molecule has 0 heterocycles. The topological polar surface area (TPSA) is 52.0 Å². The zero-order chi connectivity index (χ0) is 12.1. The quantitative estimate of drug-likeness (QED) is 0.783. The molecule has 4 N–H and O–H groups in total. The Labute approximate surface area is 104 Å². The van der Waals surface area contributed by atoms with Crippen LogP contribution in [0.4, 0.5) is 5.69 Å². The first-order valence-corrected chi connectivity index (χ1v) is 6.85. The molecular formula is C15H24N2. The molecule has 0 aliphatic heterocycles. The zero-order valence-electron chi connectivity index (χ0n) is 10.6. The molecule has 0 saturated heterocycles. The molecule has 94 valence electrons. The van der Waals surface area contributed by atoms with Crippen LogP contribution in [-0.2, 0) is 0 Å². The van der Waals surface area contributed by atoms with Gasteiger partial charge in [-0.3, -0.25) is 0 Å². The van der Waals surface area contributed by atoms with Gasteiger partial charge < -0.3 is 11.5 Å². The molecule has 0 spiro atoms. The van der Waals surface area contributed by atoms with Gasteiger partial charge in [0.2, 0.25) is 0 Å². The fraction of sp³-hybridized carbons (Fsp3) is 0.600. The lowest BCUT2D eigenvalue weighted by atomic mass is 9.77. The minimum Gasteiger partial charge on any atom is -0.399 e. The second kappa shape index (κ2) is 6.06. The molecule has 1 saturated carbocycles. The van der Waals surface area contributed by atoms with Crippen LogP contribution in [0, 0.1) is 5.92 Å². The van der Waals surface area contributed by atoms with Gasteiger partial charge in [-0.2, -0.15) is 0 Å². The van der Waals surface area contributed by atoms with E-state index in [0.29, 0.717) is 0 Å². The van der Waals surface area contributed by atoms with Gasteiger partial charge in [0.05, 0.1) is 0 Å². The highest BCUT2D eigenvalue weighted by molar-refractivity contribution is 5.41. The van der Waals surface area contributed by atoms with Crippen molar-refractivity contribution in [3.05, 3.63) is 29.8 Å². The lowest BCUT2D eigenvalue weighted by molar-refractivity contribution is 0.306. The molecule has 0 unspecified atom stereocenters. The van der Waals surface area contributed by atoms with E-state index >= 15 is 0 Å². The van der Waals surface area contributed by atoms with Crippen molar-refractivity contribution in [2.24, 2.45) is 11.7 Å². The number of benzene rings is 1. The number of nitrogens with two attached hydrogens (primary N) is 2. The highest BCUT2D eigenvalue weighted by Gasteiger charge is 2.21. The standard InChI is InChI=1S/C15H24N2/c16-10-2-3-12-6-8-13(9-7-12)14-4-1-5-15(17)11-14/h1,4-5,11-13H,2-3,6-10,16-17H2. The maximum Gasteiger partial charge on any atom is 0.0316 e. The maximum atomic E-state index is 5.84. The lowest BCUT2D eigenvalue weighted by Gasteiger charge is -2.28. The summed E-state index contributed by atoms with van der Waals surface area (Å²) >= 11 is 0. The van der Waals surface area contributed by atoms with Gasteiger partial charge in [-0.25, -0.2) is 0 Å². The van der Waals surface area contributed by atoms with Crippen molar-refractivity contribution >= 4 is 5.69 Å². The third-order valence-corrected chi connectivity index (χ3v) is 4.05. The van der Waals surface area contributed by atoms with E-state index in [1.807, 2.05) is 6.07 Å². The van der Waals surface area contributed by atoms with Crippen molar-refractivity contribution in [1.82, 2.24) is 0 Å². The number of hydrogen-bond donors (Lipinski definition) is 2. The summed E-state index contributed by atoms with van der Waals surface area (Å²) in [4.78, 5) is 0. The van der Waals surface area contributed by atoms with E-state index in [1.54, 1.807) is 0 Å². The van der Waals surface area contributed by atoms with Gasteiger partial charge in [-0.15, -0.1) is 0 Å². The van der Waals surface area contributed by atoms with Crippen molar-refractivity contribution in [2.75, 3.05) is 12.3 Å². The first-order valence-electron chi connectivity index (χ1n) is 6.85. The number of anilines is 1. The predicted molar refractivity (Wildman–Crippen MR) is 73.8 cm³/mol. The Kier molecular flexibility index (Phi) is 4.43. The summed E-state index contributed by atoms with van der Waals surface area (Å²) in [6.45, 7) is 0.842. The average Bonchev–Trinajstić information content (AvgIpc) is 2.37. The number of hydrogen-bond acceptors (Lipinski definition) is 2. The van der Waals surface area contributed by atoms with Gasteiger partial charge >= 0.3 is 0 Å². The normalized spacial score (nSPS) is 24.8. The number of nitrogen functional groups attached to an aromatic ring is 1. The van der Waals surface area contributed by atoms with Crippen molar-refractivity contribution in [3.63, 3.8) is 0 Å². The first-order chi connectivity index (χ1) is 8.29. The van der Waals surface area contributed by atoms with Crippen molar-refractivity contribution in [2.45, 2.75) is 44.4 Å². The Morgan fingerprint density at radius 1 is 1.12 bits per heavy atom. The van der Waals surface area contributed by atoms with Crippen LogP contribution < -0.4 is 11.5 Å². The Morgan fingerprint density at radius 2 is 1.88 bits per heavy atom. The largest absolute Gasteiger partial charge is 0.399 e. The summed E-state index contributed by atoms with van der Waals surface area (Å²) < 4.78 is 0. The molecule has 1 aliphatic carbocycles. The third-order valence-electron chi connectivity index (χ3n) is 4.05. The molecule has 0 aromatic heterocycles. The highest BCUT2D eigenvalue weighted by Crippen LogP contribution is 2.37. The fourth-order valence-corrected chi connectivity index (χ4v) is 3.00. The summed E-state index contributed by atoms with van der Waals surface area (Å²) in [5.41, 5.74) is 13.7. The minimum absolute atomic E-state index is 0.729. The van der Waals surface area contributed by atoms with Gasteiger partial charge in [0.1, 0.15) is 0 Å². The van der Waals surface area contributed by atoms with E-state index in [4.69, 9.17) is 11.5 Å². The second-order valence-electron chi connectivity index (χ2n) is 5.32. The summed E-state index contributed by atoms with van der Waals surface area (Å²) in [7, 11) is 0. The van der Waals surface area contributed by atoms with Gasteiger partial charge in [0.15, 0.2) is 0 Å². The molecule has 2 rings (SSSR count). The number of rotatable bonds is 4. The Bertz CT molecular complexity index is 341. The molecular weight excluding hydrogens is 208 g/mol. The van der Waals surface area contributed by atoms with Crippen LogP contribution in [0.15, 0.2) is 24.3 Å². The lowest BCUT2D eigenvalue weighted by Crippen LogP contribution is -2.14. The van der Waals surface area contributed by atoms with Crippen molar-refractivity contribution in [3.8, 4) is 0 Å². The van der Waals surface area contributed by atoms with Crippen molar-refractivity contribution < 1.29 is 0 Å². The van der Waals surface area contributed by atoms with E-state index in [0.717, 1.165) is 24.1 Å². The molecule has 2 nitrogen and oxygen atoms in total. The fourth-order valence-electron chi connectivity index (χ4n) is 3.00. The zero-order valence-corrected chi connectivity index (χ0v) is 10.6.